The van der Waals surface area contributed by atoms with Gasteiger partial charge in [-0.15, -0.1) is 0 Å². The first-order chi connectivity index (χ1) is 11.8. The fourth-order valence-corrected chi connectivity index (χ4v) is 6.75. The highest BCUT2D eigenvalue weighted by molar-refractivity contribution is 5.91. The molecule has 0 saturated heterocycles. The van der Waals surface area contributed by atoms with Crippen LogP contribution in [-0.2, 0) is 14.3 Å². The van der Waals surface area contributed by atoms with Crippen LogP contribution in [-0.4, -0.2) is 29.1 Å². The highest BCUT2D eigenvalue weighted by Gasteiger charge is 2.61. The van der Waals surface area contributed by atoms with Gasteiger partial charge >= 0.3 is 5.97 Å². The van der Waals surface area contributed by atoms with Crippen molar-refractivity contribution in [2.75, 3.05) is 0 Å². The minimum Gasteiger partial charge on any atom is -0.462 e. The van der Waals surface area contributed by atoms with Gasteiger partial charge in [-0.3, -0.25) is 9.59 Å². The van der Waals surface area contributed by atoms with E-state index in [0.29, 0.717) is 24.2 Å². The molecule has 4 nitrogen and oxygen atoms in total. The minimum atomic E-state index is -0.758. The van der Waals surface area contributed by atoms with Crippen LogP contribution in [0.15, 0.2) is 11.6 Å². The van der Waals surface area contributed by atoms with Crippen molar-refractivity contribution in [3.63, 3.8) is 0 Å². The van der Waals surface area contributed by atoms with Crippen LogP contribution in [0.2, 0.25) is 0 Å². The first-order valence-corrected chi connectivity index (χ1v) is 9.85. The van der Waals surface area contributed by atoms with Gasteiger partial charge in [0.05, 0.1) is 0 Å². The summed E-state index contributed by atoms with van der Waals surface area (Å²) < 4.78 is 5.48. The van der Waals surface area contributed by atoms with Gasteiger partial charge in [-0.1, -0.05) is 25.5 Å². The Bertz CT molecular complexity index is 638. The molecule has 0 aromatic heterocycles. The van der Waals surface area contributed by atoms with Gasteiger partial charge in [-0.25, -0.2) is 0 Å². The summed E-state index contributed by atoms with van der Waals surface area (Å²) >= 11 is 0. The van der Waals surface area contributed by atoms with E-state index in [-0.39, 0.29) is 28.7 Å². The van der Waals surface area contributed by atoms with E-state index in [1.165, 1.54) is 12.5 Å². The number of esters is 1. The Morgan fingerprint density at radius 2 is 1.92 bits per heavy atom. The Morgan fingerprint density at radius 1 is 1.20 bits per heavy atom. The van der Waals surface area contributed by atoms with Crippen LogP contribution < -0.4 is 0 Å². The SMILES string of the molecule is CC(=O)O[C@H]1CC[C@@]2(C)C(=CC[C@@H]3[C@@H]2CC[C@]2(C)C(=O)[C@H](O)C[C@@H]32)C1. The predicted octanol–water partition coefficient (Wildman–Crippen LogP) is 3.42. The van der Waals surface area contributed by atoms with Crippen molar-refractivity contribution in [1.82, 2.24) is 0 Å². The number of rotatable bonds is 1. The van der Waals surface area contributed by atoms with Crippen LogP contribution >= 0.6 is 0 Å². The first-order valence-electron chi connectivity index (χ1n) is 9.85. The average molecular weight is 346 g/mol. The molecule has 0 unspecified atom stereocenters. The molecule has 0 spiro atoms. The van der Waals surface area contributed by atoms with Crippen molar-refractivity contribution in [2.24, 2.45) is 28.6 Å². The molecular weight excluding hydrogens is 316 g/mol. The monoisotopic (exact) mass is 346 g/mol. The molecule has 138 valence electrons. The molecule has 4 heteroatoms. The largest absolute Gasteiger partial charge is 0.462 e. The zero-order valence-electron chi connectivity index (χ0n) is 15.6. The summed E-state index contributed by atoms with van der Waals surface area (Å²) in [5.41, 5.74) is 1.30. The smallest absolute Gasteiger partial charge is 0.302 e. The number of aliphatic hydroxyl groups is 1. The van der Waals surface area contributed by atoms with E-state index in [9.17, 15) is 14.7 Å². The fraction of sp³-hybridized carbons (Fsp3) is 0.810. The molecule has 4 aliphatic rings. The molecule has 7 atom stereocenters. The molecule has 0 bridgehead atoms. The third-order valence-corrected chi connectivity index (χ3v) is 8.12. The molecule has 3 fully saturated rings. The molecule has 0 aliphatic heterocycles. The highest BCUT2D eigenvalue weighted by Crippen LogP contribution is 2.64. The van der Waals surface area contributed by atoms with Gasteiger partial charge in [-0.2, -0.15) is 0 Å². The van der Waals surface area contributed by atoms with Crippen molar-refractivity contribution in [2.45, 2.75) is 77.9 Å². The summed E-state index contributed by atoms with van der Waals surface area (Å²) in [6, 6.07) is 0. The van der Waals surface area contributed by atoms with Crippen molar-refractivity contribution in [3.8, 4) is 0 Å². The second kappa shape index (κ2) is 5.67. The second-order valence-corrected chi connectivity index (χ2v) is 9.31. The van der Waals surface area contributed by atoms with Crippen molar-refractivity contribution >= 4 is 11.8 Å². The lowest BCUT2D eigenvalue weighted by molar-refractivity contribution is -0.148. The number of ketones is 1. The number of fused-ring (bicyclic) bond motifs is 5. The lowest BCUT2D eigenvalue weighted by Crippen LogP contribution is -2.50. The van der Waals surface area contributed by atoms with Gasteiger partial charge in [0.1, 0.15) is 12.2 Å². The number of carbonyl (C=O) groups excluding carboxylic acids is 2. The maximum atomic E-state index is 12.5. The summed E-state index contributed by atoms with van der Waals surface area (Å²) in [5, 5.41) is 10.2. The molecule has 0 heterocycles. The van der Waals surface area contributed by atoms with Crippen molar-refractivity contribution in [1.29, 1.82) is 0 Å². The normalized spacial score (nSPS) is 48.9. The van der Waals surface area contributed by atoms with Gasteiger partial charge in [0, 0.05) is 18.8 Å². The van der Waals surface area contributed by atoms with Crippen LogP contribution in [0.25, 0.3) is 0 Å². The van der Waals surface area contributed by atoms with E-state index >= 15 is 0 Å². The summed E-state index contributed by atoms with van der Waals surface area (Å²) in [7, 11) is 0. The lowest BCUT2D eigenvalue weighted by atomic mass is 9.48. The minimum absolute atomic E-state index is 0.0251. The predicted molar refractivity (Wildman–Crippen MR) is 93.7 cm³/mol. The zero-order valence-corrected chi connectivity index (χ0v) is 15.6. The summed E-state index contributed by atoms with van der Waals surface area (Å²) in [6.45, 7) is 5.96. The fourth-order valence-electron chi connectivity index (χ4n) is 6.75. The van der Waals surface area contributed by atoms with Gasteiger partial charge < -0.3 is 9.84 Å². The second-order valence-electron chi connectivity index (χ2n) is 9.31. The first kappa shape index (κ1) is 17.3. The van der Waals surface area contributed by atoms with Gasteiger partial charge in [0.2, 0.25) is 0 Å². The number of Topliss-reactive ketones (excluding diaryl/α,β-unsaturated/α-hetero) is 1. The lowest BCUT2D eigenvalue weighted by Gasteiger charge is -2.56. The highest BCUT2D eigenvalue weighted by atomic mass is 16.5. The Labute approximate surface area is 150 Å². The maximum Gasteiger partial charge on any atom is 0.302 e. The summed E-state index contributed by atoms with van der Waals surface area (Å²) in [6.07, 6.45) is 8.11. The average Bonchev–Trinajstić information content (AvgIpc) is 2.78. The van der Waals surface area contributed by atoms with E-state index in [1.54, 1.807) is 0 Å². The number of hydrogen-bond acceptors (Lipinski definition) is 4. The van der Waals surface area contributed by atoms with Crippen LogP contribution in [0.4, 0.5) is 0 Å². The molecule has 0 aromatic carbocycles. The Kier molecular flexibility index (Phi) is 3.91. The van der Waals surface area contributed by atoms with E-state index in [2.05, 4.69) is 19.9 Å². The summed E-state index contributed by atoms with van der Waals surface area (Å²) in [5.74, 6) is 1.29. The van der Waals surface area contributed by atoms with Gasteiger partial charge in [-0.05, 0) is 61.7 Å². The molecule has 0 amide bonds. The molecule has 1 N–H and O–H groups in total. The molecule has 4 rings (SSSR count). The zero-order chi connectivity index (χ0) is 18.0. The van der Waals surface area contributed by atoms with Gasteiger partial charge in [0.25, 0.3) is 0 Å². The van der Waals surface area contributed by atoms with Crippen LogP contribution in [0, 0.1) is 28.6 Å². The molecule has 0 aromatic rings. The Morgan fingerprint density at radius 3 is 2.64 bits per heavy atom. The van der Waals surface area contributed by atoms with Gasteiger partial charge in [0.15, 0.2) is 5.78 Å². The maximum absolute atomic E-state index is 12.5. The Hall–Kier alpha value is -1.16. The van der Waals surface area contributed by atoms with Crippen LogP contribution in [0.5, 0.6) is 0 Å². The summed E-state index contributed by atoms with van der Waals surface area (Å²) in [4.78, 5) is 23.8. The number of ether oxygens (including phenoxy) is 1. The quantitative estimate of drug-likeness (QED) is 0.584. The van der Waals surface area contributed by atoms with E-state index in [1.807, 2.05) is 0 Å². The van der Waals surface area contributed by atoms with E-state index < -0.39 is 6.10 Å². The van der Waals surface area contributed by atoms with Crippen LogP contribution in [0.3, 0.4) is 0 Å². The third kappa shape index (κ3) is 2.43. The number of carbonyl (C=O) groups is 2. The number of aliphatic hydroxyl groups excluding tert-OH is 1. The van der Waals surface area contributed by atoms with E-state index in [4.69, 9.17) is 4.74 Å². The van der Waals surface area contributed by atoms with E-state index in [0.717, 1.165) is 38.5 Å². The third-order valence-electron chi connectivity index (χ3n) is 8.12. The van der Waals surface area contributed by atoms with Crippen molar-refractivity contribution in [3.05, 3.63) is 11.6 Å². The molecule has 4 aliphatic carbocycles. The Balaban J connectivity index is 1.61. The molecule has 25 heavy (non-hydrogen) atoms. The number of hydrogen-bond donors (Lipinski definition) is 1. The number of allylic oxidation sites excluding steroid dienone is 1. The standard InChI is InChI=1S/C21H30O4/c1-12(22)25-14-6-8-20(2)13(10-14)4-5-15-16(20)7-9-21(3)17(15)11-18(23)19(21)24/h4,14-18,23H,5-11H2,1-3H3/t14-,15+,16-,17-,18+,20-,21-/m0/s1. The van der Waals surface area contributed by atoms with Crippen molar-refractivity contribution < 1.29 is 19.4 Å². The topological polar surface area (TPSA) is 63.6 Å². The molecule has 3 saturated carbocycles. The molecule has 0 radical (unpaired) electrons. The van der Waals surface area contributed by atoms with Crippen LogP contribution in [0.1, 0.15) is 65.7 Å². The molecular formula is C21H30O4.